The fourth-order valence-electron chi connectivity index (χ4n) is 0.988. The summed E-state index contributed by atoms with van der Waals surface area (Å²) < 4.78 is 4.70. The molecule has 0 bridgehead atoms. The van der Waals surface area contributed by atoms with Crippen LogP contribution in [0.2, 0.25) is 0 Å². The van der Waals surface area contributed by atoms with Gasteiger partial charge in [0.05, 0.1) is 7.11 Å². The van der Waals surface area contributed by atoms with Gasteiger partial charge in [0.25, 0.3) is 0 Å². The summed E-state index contributed by atoms with van der Waals surface area (Å²) in [5.74, 6) is 0.968. The normalized spacial score (nSPS) is 11.7. The molecule has 84 valence electrons. The number of likely N-dealkylation sites (N-methyl/N-ethyl adjacent to an activating group) is 1. The number of allylic oxidation sites excluding steroid dienone is 1. The molecule has 0 aliphatic heterocycles. The quantitative estimate of drug-likeness (QED) is 0.195. The van der Waals surface area contributed by atoms with Crippen LogP contribution in [0.25, 0.3) is 0 Å². The first-order valence-electron chi connectivity index (χ1n) is 4.97. The van der Waals surface area contributed by atoms with E-state index < -0.39 is 0 Å². The summed E-state index contributed by atoms with van der Waals surface area (Å²) in [6, 6.07) is 0. The number of hydrogen-bond acceptors (Lipinski definition) is 4. The van der Waals surface area contributed by atoms with Crippen LogP contribution in [0.15, 0.2) is 12.2 Å². The van der Waals surface area contributed by atoms with E-state index in [0.717, 1.165) is 31.7 Å². The molecule has 0 aromatic carbocycles. The molecular formula is C10H21NO2S. The Labute approximate surface area is 91.6 Å². The van der Waals surface area contributed by atoms with Crippen LogP contribution in [0, 0.1) is 0 Å². The standard InChI is InChI=1S/C10H21NO2S/c1-4-5-6-8-11(2)9-7-10-14-13-12-3/h5-6H,4,7-10H2,1-3H3. The zero-order valence-corrected chi connectivity index (χ0v) is 10.2. The largest absolute Gasteiger partial charge is 0.303 e. The molecule has 0 unspecified atom stereocenters. The Bertz CT molecular complexity index is 142. The number of hydrogen-bond donors (Lipinski definition) is 0. The lowest BCUT2D eigenvalue weighted by molar-refractivity contribution is -0.160. The molecule has 0 saturated heterocycles. The maximum absolute atomic E-state index is 4.70. The van der Waals surface area contributed by atoms with Crippen molar-refractivity contribution in [1.29, 1.82) is 0 Å². The van der Waals surface area contributed by atoms with E-state index in [1.165, 1.54) is 19.2 Å². The maximum Gasteiger partial charge on any atom is 0.0725 e. The zero-order chi connectivity index (χ0) is 10.6. The smallest absolute Gasteiger partial charge is 0.0725 e. The summed E-state index contributed by atoms with van der Waals surface area (Å²) in [4.78, 5) is 6.76. The van der Waals surface area contributed by atoms with Crippen molar-refractivity contribution in [2.24, 2.45) is 0 Å². The van der Waals surface area contributed by atoms with E-state index in [-0.39, 0.29) is 0 Å². The SMILES string of the molecule is CCC=CCN(C)CCCSOOC. The molecule has 0 aromatic heterocycles. The molecule has 0 heterocycles. The van der Waals surface area contributed by atoms with Gasteiger partial charge in [-0.2, -0.15) is 4.33 Å². The molecule has 14 heavy (non-hydrogen) atoms. The molecule has 0 rings (SSSR count). The molecule has 0 aromatic rings. The predicted molar refractivity (Wildman–Crippen MR) is 62.1 cm³/mol. The van der Waals surface area contributed by atoms with E-state index in [1.807, 2.05) is 0 Å². The Balaban J connectivity index is 3.18. The van der Waals surface area contributed by atoms with Gasteiger partial charge in [-0.3, -0.25) is 0 Å². The third-order valence-corrected chi connectivity index (χ3v) is 2.39. The molecule has 4 heteroatoms. The molecule has 0 spiro atoms. The van der Waals surface area contributed by atoms with Crippen molar-refractivity contribution in [2.75, 3.05) is 33.0 Å². The van der Waals surface area contributed by atoms with Crippen LogP contribution < -0.4 is 0 Å². The van der Waals surface area contributed by atoms with Crippen LogP contribution in [0.1, 0.15) is 19.8 Å². The van der Waals surface area contributed by atoms with Crippen LogP contribution in [0.3, 0.4) is 0 Å². The van der Waals surface area contributed by atoms with E-state index in [2.05, 4.69) is 35.9 Å². The van der Waals surface area contributed by atoms with Gasteiger partial charge in [-0.05, 0) is 26.4 Å². The van der Waals surface area contributed by atoms with Crippen LogP contribution in [0.5, 0.6) is 0 Å². The minimum atomic E-state index is 0.968. The second-order valence-corrected chi connectivity index (χ2v) is 3.83. The van der Waals surface area contributed by atoms with Gasteiger partial charge in [0.2, 0.25) is 0 Å². The van der Waals surface area contributed by atoms with Crippen molar-refractivity contribution in [2.45, 2.75) is 19.8 Å². The van der Waals surface area contributed by atoms with Crippen LogP contribution in [0.4, 0.5) is 0 Å². The van der Waals surface area contributed by atoms with Gasteiger partial charge in [-0.25, -0.2) is 4.89 Å². The molecule has 0 saturated carbocycles. The highest BCUT2D eigenvalue weighted by molar-refractivity contribution is 7.94. The average molecular weight is 219 g/mol. The van der Waals surface area contributed by atoms with Gasteiger partial charge in [-0.15, -0.1) is 0 Å². The molecule has 0 atom stereocenters. The molecule has 0 radical (unpaired) electrons. The lowest BCUT2D eigenvalue weighted by Gasteiger charge is -2.13. The Hall–Kier alpha value is -0.0300. The van der Waals surface area contributed by atoms with Gasteiger partial charge in [0.15, 0.2) is 0 Å². The predicted octanol–water partition coefficient (Wildman–Crippen LogP) is 2.50. The second-order valence-electron chi connectivity index (χ2n) is 3.05. The third kappa shape index (κ3) is 10.1. The van der Waals surface area contributed by atoms with E-state index in [9.17, 15) is 0 Å². The Kier molecular flexibility index (Phi) is 11.0. The Morgan fingerprint density at radius 3 is 2.79 bits per heavy atom. The number of nitrogens with zero attached hydrogens (tertiary/aromatic N) is 1. The summed E-state index contributed by atoms with van der Waals surface area (Å²) in [5.41, 5.74) is 0. The first-order chi connectivity index (χ1) is 6.81. The van der Waals surface area contributed by atoms with Gasteiger partial charge in [0, 0.05) is 24.3 Å². The van der Waals surface area contributed by atoms with Crippen LogP contribution >= 0.6 is 12.0 Å². The summed E-state index contributed by atoms with van der Waals surface area (Å²) in [5, 5.41) is 0. The van der Waals surface area contributed by atoms with Crippen molar-refractivity contribution in [3.05, 3.63) is 12.2 Å². The topological polar surface area (TPSA) is 21.7 Å². The van der Waals surface area contributed by atoms with Crippen molar-refractivity contribution >= 4 is 12.0 Å². The van der Waals surface area contributed by atoms with E-state index in [0.29, 0.717) is 0 Å². The van der Waals surface area contributed by atoms with Gasteiger partial charge in [-0.1, -0.05) is 19.1 Å². The first-order valence-corrected chi connectivity index (χ1v) is 5.88. The molecule has 0 N–H and O–H groups in total. The zero-order valence-electron chi connectivity index (χ0n) is 9.36. The van der Waals surface area contributed by atoms with Crippen molar-refractivity contribution in [3.63, 3.8) is 0 Å². The summed E-state index contributed by atoms with van der Waals surface area (Å²) in [7, 11) is 3.65. The summed E-state index contributed by atoms with van der Waals surface area (Å²) >= 11 is 1.36. The van der Waals surface area contributed by atoms with E-state index in [4.69, 9.17) is 4.33 Å². The summed E-state index contributed by atoms with van der Waals surface area (Å²) in [6.45, 7) is 4.27. The van der Waals surface area contributed by atoms with Crippen molar-refractivity contribution in [1.82, 2.24) is 4.90 Å². The lowest BCUT2D eigenvalue weighted by atomic mass is 10.4. The van der Waals surface area contributed by atoms with Crippen molar-refractivity contribution < 1.29 is 9.22 Å². The highest BCUT2D eigenvalue weighted by Gasteiger charge is 1.95. The Morgan fingerprint density at radius 1 is 1.36 bits per heavy atom. The average Bonchev–Trinajstić information content (AvgIpc) is 2.18. The lowest BCUT2D eigenvalue weighted by Crippen LogP contribution is -2.20. The summed E-state index contributed by atoms with van der Waals surface area (Å²) in [6.07, 6.45) is 6.63. The van der Waals surface area contributed by atoms with Crippen LogP contribution in [-0.4, -0.2) is 37.9 Å². The van der Waals surface area contributed by atoms with Crippen molar-refractivity contribution in [3.8, 4) is 0 Å². The molecule has 0 aliphatic rings. The fourth-order valence-corrected chi connectivity index (χ4v) is 1.40. The van der Waals surface area contributed by atoms with Crippen LogP contribution in [-0.2, 0) is 9.22 Å². The van der Waals surface area contributed by atoms with Gasteiger partial charge in [0.1, 0.15) is 0 Å². The number of rotatable bonds is 9. The van der Waals surface area contributed by atoms with E-state index in [1.54, 1.807) is 0 Å². The first kappa shape index (κ1) is 14.0. The third-order valence-electron chi connectivity index (χ3n) is 1.70. The molecular weight excluding hydrogens is 198 g/mol. The second kappa shape index (κ2) is 11.0. The maximum atomic E-state index is 4.70. The molecule has 3 nitrogen and oxygen atoms in total. The fraction of sp³-hybridized carbons (Fsp3) is 0.800. The monoisotopic (exact) mass is 219 g/mol. The van der Waals surface area contributed by atoms with Gasteiger partial charge < -0.3 is 4.90 Å². The van der Waals surface area contributed by atoms with Gasteiger partial charge >= 0.3 is 0 Å². The Morgan fingerprint density at radius 2 is 2.14 bits per heavy atom. The molecule has 0 fully saturated rings. The minimum Gasteiger partial charge on any atom is -0.303 e. The highest BCUT2D eigenvalue weighted by atomic mass is 32.2. The molecule has 0 aliphatic carbocycles. The van der Waals surface area contributed by atoms with E-state index >= 15 is 0 Å². The molecule has 0 amide bonds. The minimum absolute atomic E-state index is 0.968. The highest BCUT2D eigenvalue weighted by Crippen LogP contribution is 2.04.